The minimum absolute atomic E-state index is 0.0191. The van der Waals surface area contributed by atoms with E-state index in [0.29, 0.717) is 99.6 Å². The van der Waals surface area contributed by atoms with E-state index in [-0.39, 0.29) is 54.9 Å². The molecule has 3 atom stereocenters. The molecule has 1 saturated heterocycles. The number of piperidine rings is 1. The molecule has 0 radical (unpaired) electrons. The molecular formula is C60H66N14O11S6. The molecular weight excluding hydrogens is 1290 g/mol. The number of carbonyl (C=O) groups is 8. The summed E-state index contributed by atoms with van der Waals surface area (Å²) >= 11 is 7.47. The van der Waals surface area contributed by atoms with Gasteiger partial charge in [-0.05, 0) is 82.8 Å². The largest absolute Gasteiger partial charge is 0.481 e. The zero-order chi connectivity index (χ0) is 64.9. The predicted molar refractivity (Wildman–Crippen MR) is 348 cm³/mol. The molecule has 7 aromatic heterocycles. The highest BCUT2D eigenvalue weighted by atomic mass is 32.1. The highest BCUT2D eigenvalue weighted by Crippen LogP contribution is 2.40. The molecule has 10 rings (SSSR count). The number of aromatic nitrogens is 7. The monoisotopic (exact) mass is 1350 g/mol. The molecule has 91 heavy (non-hydrogen) atoms. The van der Waals surface area contributed by atoms with Crippen LogP contribution in [-0.4, -0.2) is 145 Å². The van der Waals surface area contributed by atoms with Crippen LogP contribution in [0.25, 0.3) is 43.4 Å². The van der Waals surface area contributed by atoms with Crippen LogP contribution in [0.4, 0.5) is 5.82 Å². The average molecular weight is 1350 g/mol. The van der Waals surface area contributed by atoms with Crippen molar-refractivity contribution in [3.8, 4) is 43.4 Å². The van der Waals surface area contributed by atoms with Crippen molar-refractivity contribution in [2.45, 2.75) is 90.4 Å². The maximum absolute atomic E-state index is 14.3. The third-order valence-corrected chi connectivity index (χ3v) is 20.4. The van der Waals surface area contributed by atoms with Crippen molar-refractivity contribution >= 4 is 122 Å². The first-order chi connectivity index (χ1) is 43.8. The summed E-state index contributed by atoms with van der Waals surface area (Å²) in [5.74, 6) is -4.10. The van der Waals surface area contributed by atoms with Gasteiger partial charge in [-0.15, -0.1) is 68.0 Å². The van der Waals surface area contributed by atoms with Crippen LogP contribution >= 0.6 is 68.0 Å². The van der Waals surface area contributed by atoms with Gasteiger partial charge in [0.2, 0.25) is 18.2 Å². The van der Waals surface area contributed by atoms with Crippen molar-refractivity contribution < 1.29 is 53.3 Å². The Balaban J connectivity index is 0.000000893. The molecule has 478 valence electrons. The molecule has 8 aromatic rings. The third-order valence-electron chi connectivity index (χ3n) is 14.6. The van der Waals surface area contributed by atoms with E-state index >= 15 is 0 Å². The molecule has 9 heterocycles. The van der Waals surface area contributed by atoms with E-state index in [2.05, 4.69) is 31.5 Å². The second-order valence-electron chi connectivity index (χ2n) is 21.6. The number of aliphatic carboxylic acids is 2. The average Bonchev–Trinajstić information content (AvgIpc) is 1.83. The number of ether oxygens (including phenoxy) is 1. The van der Waals surface area contributed by atoms with Gasteiger partial charge in [0, 0.05) is 59.1 Å². The number of amides is 6. The second kappa shape index (κ2) is 31.2. The van der Waals surface area contributed by atoms with Gasteiger partial charge in [-0.2, -0.15) is 0 Å². The number of pyridine rings is 1. The number of nitrogens with one attached hydrogen (secondary N) is 5. The van der Waals surface area contributed by atoms with Gasteiger partial charge in [-0.25, -0.2) is 34.9 Å². The summed E-state index contributed by atoms with van der Waals surface area (Å²) in [6.45, 7) is 7.28. The van der Waals surface area contributed by atoms with E-state index in [1.54, 1.807) is 29.8 Å². The summed E-state index contributed by atoms with van der Waals surface area (Å²) in [5, 5.41) is 41.9. The first kappa shape index (κ1) is 67.2. The fourth-order valence-electron chi connectivity index (χ4n) is 9.71. The van der Waals surface area contributed by atoms with Crippen molar-refractivity contribution in [3.63, 3.8) is 0 Å². The van der Waals surface area contributed by atoms with Gasteiger partial charge in [0.15, 0.2) is 0 Å². The Bertz CT molecular complexity index is 3910. The Morgan fingerprint density at radius 2 is 1.44 bits per heavy atom. The molecule has 0 spiro atoms. The Labute approximate surface area is 547 Å². The van der Waals surface area contributed by atoms with Crippen molar-refractivity contribution in [3.05, 3.63) is 111 Å². The zero-order valence-corrected chi connectivity index (χ0v) is 55.2. The number of likely N-dealkylation sites (tertiary alicyclic amines) is 1. The Morgan fingerprint density at radius 1 is 0.736 bits per heavy atom. The van der Waals surface area contributed by atoms with Crippen LogP contribution in [0.5, 0.6) is 0 Å². The Kier molecular flexibility index (Phi) is 23.1. The van der Waals surface area contributed by atoms with Gasteiger partial charge in [-0.1, -0.05) is 44.2 Å². The molecule has 10 bridgehead atoms. The quantitative estimate of drug-likeness (QED) is 0.0352. The SMILES string of the molecule is CN1CCC(C(=O)O)CC1.CNC(=O)C[C@@H]1NC(=O)c2csc(n2)-c2ccc(-c3nc(N(C=O)CCCCC(=O)O)cs3)nc2-c2csc(n2)-c2csc(n2)[C@H](Cc2ccccc2)NC(=O)CNC(=O)c2nc(sc2COC)C(C(C)C)NC(=O)c2nc1sc2C. The predicted octanol–water partition coefficient (Wildman–Crippen LogP) is 8.45. The molecule has 31 heteroatoms. The number of aryl methyl sites for hydroxylation is 1. The van der Waals surface area contributed by atoms with E-state index in [1.807, 2.05) is 62.0 Å². The first-order valence-corrected chi connectivity index (χ1v) is 34.0. The molecule has 7 N–H and O–H groups in total. The van der Waals surface area contributed by atoms with Crippen molar-refractivity contribution in [2.24, 2.45) is 11.8 Å². The van der Waals surface area contributed by atoms with Crippen molar-refractivity contribution in [2.75, 3.05) is 52.3 Å². The maximum atomic E-state index is 14.3. The Hall–Kier alpha value is -8.17. The minimum Gasteiger partial charge on any atom is -0.481 e. The van der Waals surface area contributed by atoms with E-state index in [4.69, 9.17) is 49.8 Å². The number of benzene rings is 1. The molecule has 1 unspecified atom stereocenters. The van der Waals surface area contributed by atoms with Gasteiger partial charge < -0.3 is 46.4 Å². The summed E-state index contributed by atoms with van der Waals surface area (Å²) in [7, 11) is 4.99. The summed E-state index contributed by atoms with van der Waals surface area (Å²) in [5.41, 5.74) is 3.47. The van der Waals surface area contributed by atoms with Crippen LogP contribution < -0.4 is 31.5 Å². The molecule has 25 nitrogen and oxygen atoms in total. The fraction of sp³-hybridized carbons (Fsp3) is 0.383. The molecule has 6 amide bonds. The van der Waals surface area contributed by atoms with Crippen LogP contribution in [0.15, 0.2) is 64.0 Å². The lowest BCUT2D eigenvalue weighted by molar-refractivity contribution is -0.143. The number of hydrogen-bond donors (Lipinski definition) is 7. The fourth-order valence-corrected chi connectivity index (χ4v) is 15.2. The van der Waals surface area contributed by atoms with E-state index in [1.165, 1.54) is 75.7 Å². The lowest BCUT2D eigenvalue weighted by atomic mass is 9.98. The number of rotatable bonds is 16. The molecule has 2 aliphatic heterocycles. The number of thiazole rings is 6. The van der Waals surface area contributed by atoms with Crippen LogP contribution in [0.1, 0.15) is 132 Å². The van der Waals surface area contributed by atoms with Crippen LogP contribution in [0, 0.1) is 18.8 Å². The smallest absolute Gasteiger partial charge is 0.306 e. The third kappa shape index (κ3) is 17.3. The lowest BCUT2D eigenvalue weighted by Crippen LogP contribution is -2.39. The summed E-state index contributed by atoms with van der Waals surface area (Å²) in [6, 6.07) is 10.9. The van der Waals surface area contributed by atoms with Gasteiger partial charge >= 0.3 is 11.9 Å². The topological polar surface area (TPSA) is 343 Å². The summed E-state index contributed by atoms with van der Waals surface area (Å²) in [6.07, 6.45) is 3.28. The van der Waals surface area contributed by atoms with Crippen LogP contribution in [0.2, 0.25) is 0 Å². The molecule has 0 aliphatic carbocycles. The van der Waals surface area contributed by atoms with Crippen LogP contribution in [-0.2, 0) is 41.7 Å². The summed E-state index contributed by atoms with van der Waals surface area (Å²) < 4.78 is 5.46. The highest BCUT2D eigenvalue weighted by Gasteiger charge is 2.32. The number of carbonyl (C=O) groups excluding carboxylic acids is 6. The normalized spacial score (nSPS) is 16.8. The van der Waals surface area contributed by atoms with Gasteiger partial charge in [0.25, 0.3) is 17.7 Å². The number of unbranched alkanes of at least 4 members (excludes halogenated alkanes) is 1. The van der Waals surface area contributed by atoms with Crippen molar-refractivity contribution in [1.29, 1.82) is 0 Å². The molecule has 1 fully saturated rings. The number of methoxy groups -OCH3 is 1. The number of carboxylic acids is 2. The number of anilines is 1. The second-order valence-corrected chi connectivity index (χ2v) is 27.4. The molecule has 1 aromatic carbocycles. The first-order valence-electron chi connectivity index (χ1n) is 28.9. The summed E-state index contributed by atoms with van der Waals surface area (Å²) in [4.78, 5) is 142. The van der Waals surface area contributed by atoms with E-state index in [0.717, 1.165) is 42.8 Å². The number of fused-ring (bicyclic) bond motifs is 14. The van der Waals surface area contributed by atoms with Gasteiger partial charge in [0.1, 0.15) is 70.0 Å². The molecule has 2 aliphatic rings. The van der Waals surface area contributed by atoms with Gasteiger partial charge in [-0.3, -0.25) is 43.3 Å². The lowest BCUT2D eigenvalue weighted by Gasteiger charge is -2.25. The number of nitrogens with zero attached hydrogens (tertiary/aromatic N) is 9. The van der Waals surface area contributed by atoms with Crippen molar-refractivity contribution in [1.82, 2.24) is 66.4 Å². The van der Waals surface area contributed by atoms with E-state index < -0.39 is 66.1 Å². The Morgan fingerprint density at radius 3 is 2.15 bits per heavy atom. The minimum atomic E-state index is -0.976. The number of carboxylic acid groups (broad SMARTS) is 2. The van der Waals surface area contributed by atoms with Crippen LogP contribution in [0.3, 0.4) is 0 Å². The number of hydrogen-bond acceptors (Lipinski definition) is 23. The molecule has 0 saturated carbocycles. The highest BCUT2D eigenvalue weighted by molar-refractivity contribution is 7.15. The maximum Gasteiger partial charge on any atom is 0.306 e. The standard InChI is InChI=1S/C53H53N13O9S6.C7H13NO2/c1-26(2)41-53-65-44(36(81-53)20-75-5)46(73)55-19-39(69)56-31(17-28-11-7-6-8-12-28)50-61-35(23-78-50)51-59-33(21-77-51)43-29(14-15-30(57-43)49-62-37(24-79-49)66(25-67)16-10-9-13-40(70)71)48-60-34(22-76-48)45(72)58-32(18-38(68)54-4)52-64-42(27(3)80-52)47(74)63-41;1-8-4-2-6(3-5-8)7(9)10/h6-8,11-12,14-15,21-26,31-32,41H,9-10,13,16-20H2,1-5H3,(H,54,68)(H,55,73)(H,56,69)(H,58,72)(H,63,74)(H,70,71);6H,2-5H2,1H3,(H,9,10)/t31-,32-,41?;/m0./s1. The van der Waals surface area contributed by atoms with E-state index in [9.17, 15) is 38.4 Å². The zero-order valence-electron chi connectivity index (χ0n) is 50.3. The van der Waals surface area contributed by atoms with Gasteiger partial charge in [0.05, 0.1) is 54.2 Å².